The first-order chi connectivity index (χ1) is 17.2. The zero-order valence-electron chi connectivity index (χ0n) is 20.9. The molecule has 0 atom stereocenters. The molecule has 2 N–H and O–H groups in total. The molecule has 36 heavy (non-hydrogen) atoms. The van der Waals surface area contributed by atoms with Crippen LogP contribution in [0.25, 0.3) is 15.4 Å². The average molecular weight is 507 g/mol. The third kappa shape index (κ3) is 4.76. The Kier molecular flexibility index (Phi) is 6.35. The predicted octanol–water partition coefficient (Wildman–Crippen LogP) is 3.96. The Bertz CT molecular complexity index is 1430. The SMILES string of the molecule is Cc1ncc(NC(=O)CCN2CCCC2(C)C)cc1NC(=O)c1cnn2cc(-c3ccnn3C)sc12. The van der Waals surface area contributed by atoms with Crippen LogP contribution in [0.4, 0.5) is 11.4 Å². The van der Waals surface area contributed by atoms with Crippen molar-refractivity contribution in [3.05, 3.63) is 48.2 Å². The second-order valence-corrected chi connectivity index (χ2v) is 10.8. The number of pyridine rings is 1. The van der Waals surface area contributed by atoms with E-state index in [0.29, 0.717) is 29.1 Å². The van der Waals surface area contributed by atoms with Crippen molar-refractivity contribution in [3.63, 3.8) is 0 Å². The number of hydrogen-bond acceptors (Lipinski definition) is 7. The Hall–Kier alpha value is -3.57. The number of carbonyl (C=O) groups excluding carboxylic acids is 2. The van der Waals surface area contributed by atoms with Gasteiger partial charge in [-0.1, -0.05) is 0 Å². The first-order valence-electron chi connectivity index (χ1n) is 12.0. The minimum absolute atomic E-state index is 0.0692. The Balaban J connectivity index is 1.27. The lowest BCUT2D eigenvalue weighted by Crippen LogP contribution is -2.39. The van der Waals surface area contributed by atoms with E-state index in [1.807, 2.05) is 26.2 Å². The van der Waals surface area contributed by atoms with Crippen LogP contribution < -0.4 is 10.6 Å². The van der Waals surface area contributed by atoms with Crippen molar-refractivity contribution in [1.82, 2.24) is 29.3 Å². The van der Waals surface area contributed by atoms with Gasteiger partial charge in [-0.15, -0.1) is 11.3 Å². The van der Waals surface area contributed by atoms with Gasteiger partial charge in [0.2, 0.25) is 5.91 Å². The number of amides is 2. The predicted molar refractivity (Wildman–Crippen MR) is 140 cm³/mol. The van der Waals surface area contributed by atoms with E-state index in [2.05, 4.69) is 44.6 Å². The number of anilines is 2. The second kappa shape index (κ2) is 9.47. The molecule has 2 amide bonds. The van der Waals surface area contributed by atoms with Gasteiger partial charge in [-0.2, -0.15) is 10.2 Å². The molecule has 1 saturated heterocycles. The molecule has 4 aromatic rings. The molecule has 1 aliphatic heterocycles. The molecule has 0 spiro atoms. The fourth-order valence-corrected chi connectivity index (χ4v) is 5.75. The zero-order chi connectivity index (χ0) is 25.4. The van der Waals surface area contributed by atoms with Crippen molar-refractivity contribution in [2.75, 3.05) is 23.7 Å². The topological polar surface area (TPSA) is 109 Å². The number of fused-ring (bicyclic) bond motifs is 1. The average Bonchev–Trinajstić information content (AvgIpc) is 3.58. The Morgan fingerprint density at radius 1 is 1.19 bits per heavy atom. The van der Waals surface area contributed by atoms with Crippen LogP contribution in [0.2, 0.25) is 0 Å². The summed E-state index contributed by atoms with van der Waals surface area (Å²) in [5.74, 6) is -0.353. The summed E-state index contributed by atoms with van der Waals surface area (Å²) in [5, 5.41) is 14.4. The van der Waals surface area contributed by atoms with E-state index in [-0.39, 0.29) is 17.4 Å². The zero-order valence-corrected chi connectivity index (χ0v) is 21.7. The van der Waals surface area contributed by atoms with Gasteiger partial charge in [-0.25, -0.2) is 4.52 Å². The molecule has 0 bridgehead atoms. The first kappa shape index (κ1) is 24.1. The number of aromatic nitrogens is 5. The Labute approximate surface area is 213 Å². The van der Waals surface area contributed by atoms with E-state index in [9.17, 15) is 9.59 Å². The van der Waals surface area contributed by atoms with Crippen LogP contribution in [-0.2, 0) is 11.8 Å². The van der Waals surface area contributed by atoms with Crippen LogP contribution in [0.1, 0.15) is 49.2 Å². The van der Waals surface area contributed by atoms with E-state index in [1.165, 1.54) is 17.8 Å². The van der Waals surface area contributed by atoms with Crippen molar-refractivity contribution in [2.24, 2.45) is 7.05 Å². The largest absolute Gasteiger partial charge is 0.325 e. The van der Waals surface area contributed by atoms with Gasteiger partial charge in [0.25, 0.3) is 5.91 Å². The normalized spacial score (nSPS) is 15.4. The number of nitrogens with one attached hydrogen (secondary N) is 2. The van der Waals surface area contributed by atoms with Gasteiger partial charge in [0, 0.05) is 37.9 Å². The maximum Gasteiger partial charge on any atom is 0.260 e. The van der Waals surface area contributed by atoms with Crippen LogP contribution in [-0.4, -0.2) is 59.7 Å². The van der Waals surface area contributed by atoms with Crippen molar-refractivity contribution < 1.29 is 9.59 Å². The van der Waals surface area contributed by atoms with Gasteiger partial charge in [0.05, 0.1) is 45.6 Å². The number of carbonyl (C=O) groups is 2. The molecule has 11 heteroatoms. The van der Waals surface area contributed by atoms with E-state index >= 15 is 0 Å². The van der Waals surface area contributed by atoms with Crippen molar-refractivity contribution >= 4 is 39.4 Å². The lowest BCUT2D eigenvalue weighted by Gasteiger charge is -2.31. The minimum atomic E-state index is -0.284. The number of nitrogens with zero attached hydrogens (tertiary/aromatic N) is 6. The second-order valence-electron chi connectivity index (χ2n) is 9.76. The summed E-state index contributed by atoms with van der Waals surface area (Å²) >= 11 is 1.47. The summed E-state index contributed by atoms with van der Waals surface area (Å²) in [6, 6.07) is 3.67. The maximum atomic E-state index is 13.2. The molecule has 0 aromatic carbocycles. The number of aryl methyl sites for hydroxylation is 2. The molecule has 10 nitrogen and oxygen atoms in total. The number of hydrogen-bond donors (Lipinski definition) is 2. The fraction of sp³-hybridized carbons (Fsp3) is 0.400. The standard InChI is InChI=1S/C25H30N8O2S/c1-16-19(12-17(13-26-16)29-22(34)7-11-32-10-5-8-25(32,2)3)30-23(35)18-14-28-33-15-21(36-24(18)33)20-6-9-27-31(20)4/h6,9,12-15H,5,7-8,10-11H2,1-4H3,(H,29,34)(H,30,35). The molecule has 0 unspecified atom stereocenters. The molecule has 5 heterocycles. The molecule has 5 rings (SSSR count). The molecular formula is C25H30N8O2S. The molecule has 0 saturated carbocycles. The fourth-order valence-electron chi connectivity index (χ4n) is 4.63. The summed E-state index contributed by atoms with van der Waals surface area (Å²) in [7, 11) is 1.88. The van der Waals surface area contributed by atoms with E-state index < -0.39 is 0 Å². The molecule has 188 valence electrons. The van der Waals surface area contributed by atoms with Crippen molar-refractivity contribution in [2.45, 2.75) is 45.6 Å². The molecule has 1 aliphatic rings. The lowest BCUT2D eigenvalue weighted by molar-refractivity contribution is -0.116. The van der Waals surface area contributed by atoms with Crippen LogP contribution in [0.3, 0.4) is 0 Å². The maximum absolute atomic E-state index is 13.2. The van der Waals surface area contributed by atoms with Gasteiger partial charge in [0.1, 0.15) is 4.83 Å². The summed E-state index contributed by atoms with van der Waals surface area (Å²) in [6.07, 6.45) is 9.52. The summed E-state index contributed by atoms with van der Waals surface area (Å²) < 4.78 is 3.48. The van der Waals surface area contributed by atoms with E-state index in [0.717, 1.165) is 34.9 Å². The highest BCUT2D eigenvalue weighted by Crippen LogP contribution is 2.31. The van der Waals surface area contributed by atoms with Gasteiger partial charge >= 0.3 is 0 Å². The lowest BCUT2D eigenvalue weighted by atomic mass is 10.0. The van der Waals surface area contributed by atoms with Crippen molar-refractivity contribution in [1.29, 1.82) is 0 Å². The molecule has 0 aliphatic carbocycles. The third-order valence-corrected chi connectivity index (χ3v) is 7.95. The summed E-state index contributed by atoms with van der Waals surface area (Å²) in [5.41, 5.74) is 3.32. The van der Waals surface area contributed by atoms with Crippen LogP contribution >= 0.6 is 11.3 Å². The Morgan fingerprint density at radius 2 is 2.03 bits per heavy atom. The monoisotopic (exact) mass is 506 g/mol. The van der Waals surface area contributed by atoms with Crippen molar-refractivity contribution in [3.8, 4) is 10.6 Å². The van der Waals surface area contributed by atoms with Crippen LogP contribution in [0.15, 0.2) is 36.9 Å². The summed E-state index contributed by atoms with van der Waals surface area (Å²) in [4.78, 5) is 34.2. The van der Waals surface area contributed by atoms with Crippen LogP contribution in [0, 0.1) is 6.92 Å². The van der Waals surface area contributed by atoms with Crippen LogP contribution in [0.5, 0.6) is 0 Å². The van der Waals surface area contributed by atoms with Gasteiger partial charge in [0.15, 0.2) is 0 Å². The van der Waals surface area contributed by atoms with Gasteiger partial charge < -0.3 is 10.6 Å². The highest BCUT2D eigenvalue weighted by atomic mass is 32.1. The molecule has 0 radical (unpaired) electrons. The molecule has 4 aromatic heterocycles. The number of likely N-dealkylation sites (tertiary alicyclic amines) is 1. The Morgan fingerprint density at radius 3 is 2.75 bits per heavy atom. The molecular weight excluding hydrogens is 476 g/mol. The number of rotatable bonds is 7. The van der Waals surface area contributed by atoms with E-state index in [4.69, 9.17) is 0 Å². The summed E-state index contributed by atoms with van der Waals surface area (Å²) in [6.45, 7) is 8.01. The van der Waals surface area contributed by atoms with Gasteiger partial charge in [-0.05, 0) is 52.3 Å². The molecule has 1 fully saturated rings. The quantitative estimate of drug-likeness (QED) is 0.393. The first-order valence-corrected chi connectivity index (χ1v) is 12.8. The minimum Gasteiger partial charge on any atom is -0.325 e. The third-order valence-electron chi connectivity index (χ3n) is 6.81. The van der Waals surface area contributed by atoms with E-state index in [1.54, 1.807) is 33.9 Å². The smallest absolute Gasteiger partial charge is 0.260 e. The highest BCUT2D eigenvalue weighted by molar-refractivity contribution is 7.21. The van der Waals surface area contributed by atoms with Gasteiger partial charge in [-0.3, -0.25) is 24.2 Å². The number of thiazole rings is 1. The highest BCUT2D eigenvalue weighted by Gasteiger charge is 2.31.